The van der Waals surface area contributed by atoms with Crippen molar-refractivity contribution >= 4 is 23.3 Å². The standard InChI is InChI=1S/C20H31N3O3S/c1-20(2,3)26-19(25)23-8-6-16(7-9-23)18(24)22-12-10-21(11-13-22)15-17-5-4-14-27-17/h4-5,14,16H,6-13,15H2,1-3H3. The summed E-state index contributed by atoms with van der Waals surface area (Å²) in [5.74, 6) is 0.294. The van der Waals surface area contributed by atoms with E-state index in [2.05, 4.69) is 22.4 Å². The van der Waals surface area contributed by atoms with Gasteiger partial charge >= 0.3 is 6.09 Å². The van der Waals surface area contributed by atoms with Gasteiger partial charge in [0.1, 0.15) is 5.60 Å². The van der Waals surface area contributed by atoms with Gasteiger partial charge in [-0.2, -0.15) is 0 Å². The van der Waals surface area contributed by atoms with Crippen molar-refractivity contribution in [1.29, 1.82) is 0 Å². The Balaban J connectivity index is 1.41. The number of ether oxygens (including phenoxy) is 1. The summed E-state index contributed by atoms with van der Waals surface area (Å²) >= 11 is 1.79. The normalized spacial score (nSPS) is 20.0. The number of hydrogen-bond acceptors (Lipinski definition) is 5. The number of piperidine rings is 1. The third-order valence-electron chi connectivity index (χ3n) is 5.14. The van der Waals surface area contributed by atoms with Crippen molar-refractivity contribution in [2.75, 3.05) is 39.3 Å². The molecule has 0 aromatic carbocycles. The maximum atomic E-state index is 12.9. The van der Waals surface area contributed by atoms with E-state index >= 15 is 0 Å². The van der Waals surface area contributed by atoms with Gasteiger partial charge in [0.25, 0.3) is 0 Å². The van der Waals surface area contributed by atoms with Gasteiger partial charge < -0.3 is 14.5 Å². The fourth-order valence-electron chi connectivity index (χ4n) is 3.64. The zero-order chi connectivity index (χ0) is 19.4. The first-order valence-electron chi connectivity index (χ1n) is 9.83. The van der Waals surface area contributed by atoms with Crippen molar-refractivity contribution in [3.05, 3.63) is 22.4 Å². The number of likely N-dealkylation sites (tertiary alicyclic amines) is 1. The zero-order valence-corrected chi connectivity index (χ0v) is 17.5. The van der Waals surface area contributed by atoms with Gasteiger partial charge in [0.2, 0.25) is 5.91 Å². The summed E-state index contributed by atoms with van der Waals surface area (Å²) < 4.78 is 5.43. The molecular formula is C20H31N3O3S. The lowest BCUT2D eigenvalue weighted by Crippen LogP contribution is -2.51. The molecule has 0 bridgehead atoms. The molecule has 2 saturated heterocycles. The third-order valence-corrected chi connectivity index (χ3v) is 6.00. The molecule has 0 radical (unpaired) electrons. The van der Waals surface area contributed by atoms with Crippen molar-refractivity contribution in [1.82, 2.24) is 14.7 Å². The van der Waals surface area contributed by atoms with Crippen LogP contribution in [-0.4, -0.2) is 71.6 Å². The number of piperazine rings is 1. The summed E-state index contributed by atoms with van der Waals surface area (Å²) in [6.07, 6.45) is 1.19. The van der Waals surface area contributed by atoms with Gasteiger partial charge in [-0.15, -0.1) is 11.3 Å². The maximum Gasteiger partial charge on any atom is 0.410 e. The molecule has 27 heavy (non-hydrogen) atoms. The van der Waals surface area contributed by atoms with Gasteiger partial charge in [-0.3, -0.25) is 9.69 Å². The monoisotopic (exact) mass is 393 g/mol. The first-order valence-corrected chi connectivity index (χ1v) is 10.7. The van der Waals surface area contributed by atoms with Crippen molar-refractivity contribution in [3.8, 4) is 0 Å². The van der Waals surface area contributed by atoms with E-state index in [1.165, 1.54) is 4.88 Å². The zero-order valence-electron chi connectivity index (χ0n) is 16.6. The molecule has 1 aromatic heterocycles. The highest BCUT2D eigenvalue weighted by atomic mass is 32.1. The molecule has 2 amide bonds. The average Bonchev–Trinajstić information content (AvgIpc) is 3.13. The van der Waals surface area contributed by atoms with Gasteiger partial charge in [-0.05, 0) is 45.1 Å². The Kier molecular flexibility index (Phi) is 6.42. The summed E-state index contributed by atoms with van der Waals surface area (Å²) in [6.45, 7) is 11.3. The molecular weight excluding hydrogens is 362 g/mol. The smallest absolute Gasteiger partial charge is 0.410 e. The fourth-order valence-corrected chi connectivity index (χ4v) is 4.39. The number of amides is 2. The Morgan fingerprint density at radius 3 is 2.30 bits per heavy atom. The van der Waals surface area contributed by atoms with Gasteiger partial charge in [0.15, 0.2) is 0 Å². The number of carbonyl (C=O) groups is 2. The molecule has 6 nitrogen and oxygen atoms in total. The molecule has 0 saturated carbocycles. The van der Waals surface area contributed by atoms with Crippen LogP contribution in [0.5, 0.6) is 0 Å². The highest BCUT2D eigenvalue weighted by Crippen LogP contribution is 2.23. The van der Waals surface area contributed by atoms with Crippen LogP contribution in [0.25, 0.3) is 0 Å². The largest absolute Gasteiger partial charge is 0.444 e. The topological polar surface area (TPSA) is 53.1 Å². The van der Waals surface area contributed by atoms with E-state index in [1.54, 1.807) is 16.2 Å². The van der Waals surface area contributed by atoms with E-state index in [9.17, 15) is 9.59 Å². The van der Waals surface area contributed by atoms with Crippen molar-refractivity contribution in [2.24, 2.45) is 5.92 Å². The lowest BCUT2D eigenvalue weighted by Gasteiger charge is -2.38. The summed E-state index contributed by atoms with van der Waals surface area (Å²) in [5.41, 5.74) is -0.480. The van der Waals surface area contributed by atoms with Crippen LogP contribution in [-0.2, 0) is 16.1 Å². The minimum atomic E-state index is -0.480. The molecule has 2 aliphatic heterocycles. The van der Waals surface area contributed by atoms with Crippen molar-refractivity contribution in [2.45, 2.75) is 45.8 Å². The quantitative estimate of drug-likeness (QED) is 0.792. The van der Waals surface area contributed by atoms with Crippen LogP contribution in [0.15, 0.2) is 17.5 Å². The molecule has 0 spiro atoms. The van der Waals surface area contributed by atoms with Crippen LogP contribution >= 0.6 is 11.3 Å². The Morgan fingerprint density at radius 2 is 1.74 bits per heavy atom. The van der Waals surface area contributed by atoms with Crippen LogP contribution in [0.2, 0.25) is 0 Å². The highest BCUT2D eigenvalue weighted by Gasteiger charge is 2.33. The average molecular weight is 394 g/mol. The molecule has 0 N–H and O–H groups in total. The molecule has 2 aliphatic rings. The van der Waals surface area contributed by atoms with Crippen LogP contribution in [0, 0.1) is 5.92 Å². The molecule has 0 aliphatic carbocycles. The molecule has 0 unspecified atom stereocenters. The second kappa shape index (κ2) is 8.61. The van der Waals surface area contributed by atoms with Gasteiger partial charge in [-0.1, -0.05) is 6.07 Å². The van der Waals surface area contributed by atoms with E-state index in [1.807, 2.05) is 25.7 Å². The lowest BCUT2D eigenvalue weighted by molar-refractivity contribution is -0.139. The van der Waals surface area contributed by atoms with E-state index in [0.717, 1.165) is 45.6 Å². The molecule has 7 heteroatoms. The molecule has 3 heterocycles. The minimum absolute atomic E-state index is 0.0348. The van der Waals surface area contributed by atoms with Crippen molar-refractivity contribution < 1.29 is 14.3 Å². The number of thiophene rings is 1. The van der Waals surface area contributed by atoms with Gasteiger partial charge in [0, 0.05) is 56.6 Å². The Hall–Kier alpha value is -1.60. The fraction of sp³-hybridized carbons (Fsp3) is 0.700. The SMILES string of the molecule is CC(C)(C)OC(=O)N1CCC(C(=O)N2CCN(Cc3cccs3)CC2)CC1. The first-order chi connectivity index (χ1) is 12.8. The Morgan fingerprint density at radius 1 is 1.07 bits per heavy atom. The summed E-state index contributed by atoms with van der Waals surface area (Å²) in [7, 11) is 0. The summed E-state index contributed by atoms with van der Waals surface area (Å²) in [4.78, 5) is 32.6. The summed E-state index contributed by atoms with van der Waals surface area (Å²) in [5, 5.41) is 2.11. The highest BCUT2D eigenvalue weighted by molar-refractivity contribution is 7.09. The number of carbonyl (C=O) groups excluding carboxylic acids is 2. The number of hydrogen-bond donors (Lipinski definition) is 0. The van der Waals surface area contributed by atoms with E-state index in [4.69, 9.17) is 4.74 Å². The van der Waals surface area contributed by atoms with E-state index < -0.39 is 5.60 Å². The molecule has 1 aromatic rings. The molecule has 150 valence electrons. The number of nitrogens with zero attached hydrogens (tertiary/aromatic N) is 3. The summed E-state index contributed by atoms with van der Waals surface area (Å²) in [6, 6.07) is 4.25. The molecule has 2 fully saturated rings. The van der Waals surface area contributed by atoms with Gasteiger partial charge in [-0.25, -0.2) is 4.79 Å². The predicted octanol–water partition coefficient (Wildman–Crippen LogP) is 3.04. The van der Waals surface area contributed by atoms with Crippen LogP contribution in [0.1, 0.15) is 38.5 Å². The number of rotatable bonds is 3. The first kappa shape index (κ1) is 20.1. The lowest BCUT2D eigenvalue weighted by atomic mass is 9.95. The Bertz CT molecular complexity index is 625. The van der Waals surface area contributed by atoms with Crippen LogP contribution in [0.4, 0.5) is 4.79 Å². The minimum Gasteiger partial charge on any atom is -0.444 e. The molecule has 0 atom stereocenters. The van der Waals surface area contributed by atoms with E-state index in [0.29, 0.717) is 13.1 Å². The maximum absolute atomic E-state index is 12.9. The second-order valence-electron chi connectivity index (χ2n) is 8.42. The van der Waals surface area contributed by atoms with Crippen LogP contribution in [0.3, 0.4) is 0 Å². The Labute approximate surface area is 166 Å². The second-order valence-corrected chi connectivity index (χ2v) is 9.45. The van der Waals surface area contributed by atoms with Gasteiger partial charge in [0.05, 0.1) is 0 Å². The van der Waals surface area contributed by atoms with E-state index in [-0.39, 0.29) is 17.9 Å². The third kappa shape index (κ3) is 5.69. The molecule has 3 rings (SSSR count). The predicted molar refractivity (Wildman–Crippen MR) is 107 cm³/mol. The van der Waals surface area contributed by atoms with Crippen LogP contribution < -0.4 is 0 Å². The van der Waals surface area contributed by atoms with Crippen molar-refractivity contribution in [3.63, 3.8) is 0 Å².